The Morgan fingerprint density at radius 1 is 1.08 bits per heavy atom. The van der Waals surface area contributed by atoms with Crippen molar-refractivity contribution in [1.82, 2.24) is 5.32 Å². The number of benzene rings is 3. The molecule has 0 aliphatic carbocycles. The number of para-hydroxylation sites is 1. The number of nitro groups is 1. The zero-order valence-electron chi connectivity index (χ0n) is 18.4. The zero-order chi connectivity index (χ0) is 25.9. The van der Waals surface area contributed by atoms with Gasteiger partial charge in [0.1, 0.15) is 4.90 Å². The molecule has 3 aromatic carbocycles. The Labute approximate surface area is 223 Å². The molecule has 1 N–H and O–H groups in total. The fraction of sp³-hybridized carbons (Fsp3) is 0.0435. The van der Waals surface area contributed by atoms with Gasteiger partial charge in [-0.1, -0.05) is 18.2 Å². The van der Waals surface area contributed by atoms with Crippen LogP contribution in [0.25, 0.3) is 6.08 Å². The first-order chi connectivity index (χ1) is 17.2. The minimum absolute atomic E-state index is 0.0811. The first-order valence-corrected chi connectivity index (χ1v) is 13.4. The van der Waals surface area contributed by atoms with Crippen molar-refractivity contribution < 1.29 is 27.1 Å². The van der Waals surface area contributed by atoms with Crippen molar-refractivity contribution in [3.63, 3.8) is 0 Å². The lowest BCUT2D eigenvalue weighted by molar-refractivity contribution is -0.384. The second kappa shape index (κ2) is 10.7. The highest BCUT2D eigenvalue weighted by Crippen LogP contribution is 2.34. The third-order valence-corrected chi connectivity index (χ3v) is 7.82. The number of rotatable bonds is 7. The molecular weight excluding hydrogens is 621 g/mol. The Morgan fingerprint density at radius 3 is 2.47 bits per heavy atom. The molecule has 0 bridgehead atoms. The van der Waals surface area contributed by atoms with Crippen molar-refractivity contribution in [2.24, 2.45) is 4.99 Å². The van der Waals surface area contributed by atoms with Gasteiger partial charge in [-0.2, -0.15) is 8.42 Å². The van der Waals surface area contributed by atoms with Crippen LogP contribution in [-0.2, 0) is 14.9 Å². The molecule has 0 aromatic heterocycles. The number of methoxy groups -OCH3 is 1. The molecule has 1 amide bonds. The number of ether oxygens (including phenoxy) is 1. The molecular formula is C23H16IN3O7S2. The van der Waals surface area contributed by atoms with Gasteiger partial charge in [0.2, 0.25) is 0 Å². The van der Waals surface area contributed by atoms with E-state index in [2.05, 4.69) is 32.9 Å². The number of nitrogens with zero attached hydrogens (tertiary/aromatic N) is 2. The van der Waals surface area contributed by atoms with Crippen LogP contribution >= 0.6 is 34.4 Å². The minimum atomic E-state index is -4.28. The molecule has 1 saturated heterocycles. The first kappa shape index (κ1) is 25.7. The van der Waals surface area contributed by atoms with Crippen LogP contribution in [-0.4, -0.2) is 31.5 Å². The summed E-state index contributed by atoms with van der Waals surface area (Å²) in [4.78, 5) is 27.2. The molecule has 0 unspecified atom stereocenters. The van der Waals surface area contributed by atoms with E-state index >= 15 is 0 Å². The summed E-state index contributed by atoms with van der Waals surface area (Å²) in [5.74, 6) is -0.280. The van der Waals surface area contributed by atoms with Crippen LogP contribution < -0.4 is 14.2 Å². The summed E-state index contributed by atoms with van der Waals surface area (Å²) < 4.78 is 36.7. The summed E-state index contributed by atoms with van der Waals surface area (Å²) in [5.41, 5.74) is 1.06. The van der Waals surface area contributed by atoms with Gasteiger partial charge in [0.25, 0.3) is 11.6 Å². The standard InChI is InChI=1S/C23H16IN3O7S2/c1-33-20-12-14(13-21-22(28)26-23(35-21)25-18-5-3-2-4-17(18)24)6-11-19(20)34-36(31,32)16-9-7-15(8-10-16)27(29)30/h2-13H,1H3,(H,25,26,28)/b21-13+. The number of thioether (sulfide) groups is 1. The van der Waals surface area contributed by atoms with E-state index in [-0.39, 0.29) is 28.0 Å². The van der Waals surface area contributed by atoms with Crippen LogP contribution in [0.5, 0.6) is 11.5 Å². The number of carbonyl (C=O) groups excluding carboxylic acids is 1. The minimum Gasteiger partial charge on any atom is -0.493 e. The van der Waals surface area contributed by atoms with Gasteiger partial charge < -0.3 is 14.2 Å². The molecule has 13 heteroatoms. The zero-order valence-corrected chi connectivity index (χ0v) is 22.2. The van der Waals surface area contributed by atoms with Crippen LogP contribution in [0.4, 0.5) is 11.4 Å². The highest BCUT2D eigenvalue weighted by atomic mass is 127. The number of hydrogen-bond acceptors (Lipinski definition) is 9. The molecule has 10 nitrogen and oxygen atoms in total. The SMILES string of the molecule is COc1cc(/C=C2/SC(=Nc3ccccc3I)NC2=O)ccc1OS(=O)(=O)c1ccc([N+](=O)[O-])cc1. The van der Waals surface area contributed by atoms with E-state index in [1.807, 2.05) is 24.3 Å². The van der Waals surface area contributed by atoms with E-state index in [1.165, 1.54) is 31.0 Å². The molecule has 1 fully saturated rings. The highest BCUT2D eigenvalue weighted by molar-refractivity contribution is 14.1. The fourth-order valence-electron chi connectivity index (χ4n) is 3.03. The number of hydrogen-bond donors (Lipinski definition) is 1. The molecule has 0 spiro atoms. The lowest BCUT2D eigenvalue weighted by atomic mass is 10.2. The Kier molecular flexibility index (Phi) is 7.61. The van der Waals surface area contributed by atoms with E-state index < -0.39 is 15.0 Å². The van der Waals surface area contributed by atoms with Gasteiger partial charge in [-0.3, -0.25) is 14.9 Å². The van der Waals surface area contributed by atoms with Crippen molar-refractivity contribution in [2.45, 2.75) is 4.90 Å². The molecule has 184 valence electrons. The van der Waals surface area contributed by atoms with Gasteiger partial charge >= 0.3 is 10.1 Å². The van der Waals surface area contributed by atoms with Crippen LogP contribution in [0, 0.1) is 13.7 Å². The van der Waals surface area contributed by atoms with Gasteiger partial charge in [-0.15, -0.1) is 0 Å². The van der Waals surface area contributed by atoms with Gasteiger partial charge in [0.15, 0.2) is 16.7 Å². The second-order valence-corrected chi connectivity index (χ2v) is 10.9. The van der Waals surface area contributed by atoms with Gasteiger partial charge in [-0.25, -0.2) is 4.99 Å². The molecule has 3 aromatic rings. The third kappa shape index (κ3) is 5.85. The van der Waals surface area contributed by atoms with Crippen LogP contribution in [0.15, 0.2) is 81.5 Å². The van der Waals surface area contributed by atoms with E-state index in [9.17, 15) is 23.3 Å². The highest BCUT2D eigenvalue weighted by Gasteiger charge is 2.25. The number of non-ortho nitro benzene ring substituents is 1. The summed E-state index contributed by atoms with van der Waals surface area (Å²) in [6.07, 6.45) is 1.62. The van der Waals surface area contributed by atoms with Crippen LogP contribution in [0.3, 0.4) is 0 Å². The number of nitrogens with one attached hydrogen (secondary N) is 1. The smallest absolute Gasteiger partial charge is 0.339 e. The fourth-order valence-corrected chi connectivity index (χ4v) is 5.31. The number of aliphatic imine (C=N–C) groups is 1. The lowest BCUT2D eigenvalue weighted by Gasteiger charge is -2.11. The number of nitro benzene ring substituents is 1. The third-order valence-electron chi connectivity index (χ3n) is 4.75. The van der Waals surface area contributed by atoms with E-state index in [4.69, 9.17) is 8.92 Å². The van der Waals surface area contributed by atoms with Crippen molar-refractivity contribution in [3.05, 3.63) is 90.9 Å². The Bertz CT molecular complexity index is 1520. The molecule has 4 rings (SSSR count). The molecule has 0 saturated carbocycles. The summed E-state index contributed by atoms with van der Waals surface area (Å²) in [6.45, 7) is 0. The average Bonchev–Trinajstić information content (AvgIpc) is 3.19. The lowest BCUT2D eigenvalue weighted by Crippen LogP contribution is -2.19. The Balaban J connectivity index is 1.55. The molecule has 0 atom stereocenters. The average molecular weight is 637 g/mol. The molecule has 1 aliphatic rings. The van der Waals surface area contributed by atoms with E-state index in [0.717, 1.165) is 33.5 Å². The van der Waals surface area contributed by atoms with Gasteiger partial charge in [-0.05, 0) is 82.4 Å². The van der Waals surface area contributed by atoms with Crippen molar-refractivity contribution in [1.29, 1.82) is 0 Å². The first-order valence-electron chi connectivity index (χ1n) is 10.1. The maximum atomic E-state index is 12.6. The number of halogens is 1. The maximum absolute atomic E-state index is 12.6. The molecule has 36 heavy (non-hydrogen) atoms. The monoisotopic (exact) mass is 637 g/mol. The summed E-state index contributed by atoms with van der Waals surface area (Å²) in [5, 5.41) is 14.0. The van der Waals surface area contributed by atoms with Crippen molar-refractivity contribution >= 4 is 73.0 Å². The predicted molar refractivity (Wildman–Crippen MR) is 144 cm³/mol. The number of amides is 1. The van der Waals surface area contributed by atoms with Crippen molar-refractivity contribution in [3.8, 4) is 11.5 Å². The van der Waals surface area contributed by atoms with E-state index in [0.29, 0.717) is 15.6 Å². The quantitative estimate of drug-likeness (QED) is 0.127. The maximum Gasteiger partial charge on any atom is 0.339 e. The Morgan fingerprint density at radius 2 is 1.81 bits per heavy atom. The topological polar surface area (TPSA) is 137 Å². The normalized spacial score (nSPS) is 15.7. The molecule has 1 aliphatic heterocycles. The summed E-state index contributed by atoms with van der Waals surface area (Å²) >= 11 is 3.34. The van der Waals surface area contributed by atoms with Crippen LogP contribution in [0.2, 0.25) is 0 Å². The Hall–Kier alpha value is -3.43. The summed E-state index contributed by atoms with van der Waals surface area (Å²) in [6, 6.07) is 16.3. The van der Waals surface area contributed by atoms with Gasteiger partial charge in [0.05, 0.1) is 22.6 Å². The van der Waals surface area contributed by atoms with Gasteiger partial charge in [0, 0.05) is 15.7 Å². The predicted octanol–water partition coefficient (Wildman–Crippen LogP) is 4.87. The van der Waals surface area contributed by atoms with Crippen LogP contribution in [0.1, 0.15) is 5.56 Å². The molecule has 1 heterocycles. The second-order valence-electron chi connectivity index (χ2n) is 7.13. The van der Waals surface area contributed by atoms with E-state index in [1.54, 1.807) is 12.1 Å². The largest absolute Gasteiger partial charge is 0.493 e. The summed E-state index contributed by atoms with van der Waals surface area (Å²) in [7, 11) is -2.93. The number of carbonyl (C=O) groups is 1. The molecule has 0 radical (unpaired) electrons. The van der Waals surface area contributed by atoms with Crippen molar-refractivity contribution in [2.75, 3.05) is 7.11 Å². The number of amidine groups is 1.